The third-order valence-electron chi connectivity index (χ3n) is 4.19. The van der Waals surface area contributed by atoms with E-state index in [1.807, 2.05) is 0 Å². The van der Waals surface area contributed by atoms with Crippen molar-refractivity contribution >= 4 is 34.8 Å². The van der Waals surface area contributed by atoms with Crippen LogP contribution < -0.4 is 5.73 Å². The summed E-state index contributed by atoms with van der Waals surface area (Å²) in [4.78, 5) is 28.2. The fourth-order valence-corrected chi connectivity index (χ4v) is 4.27. The Bertz CT molecular complexity index is 1150. The number of pyridine rings is 1. The molecule has 0 saturated carbocycles. The summed E-state index contributed by atoms with van der Waals surface area (Å²) in [6.45, 7) is 0. The molecular formula is C21H14F3N3O2S2. The first-order valence-electron chi connectivity index (χ1n) is 8.78. The predicted octanol–water partition coefficient (Wildman–Crippen LogP) is 4.70. The molecule has 2 N–H and O–H groups in total. The molecule has 0 spiro atoms. The molecule has 0 fully saturated rings. The normalized spacial score (nSPS) is 11.2. The van der Waals surface area contributed by atoms with Crippen molar-refractivity contribution in [2.45, 2.75) is 17.6 Å². The van der Waals surface area contributed by atoms with E-state index in [1.54, 1.807) is 35.7 Å². The molecule has 3 aromatic rings. The molecule has 0 aliphatic rings. The molecule has 2 heterocycles. The van der Waals surface area contributed by atoms with E-state index in [2.05, 4.69) is 4.98 Å². The highest BCUT2D eigenvalue weighted by Crippen LogP contribution is 2.38. The number of carbonyl (C=O) groups excluding carboxylic acids is 2. The standard InChI is InChI=1S/C21H14F3N3O2S2/c22-21(23,24)16-9-17(18-2-1-7-30-18)27-20(15(16)10-25)31-11-14(28)8-12-3-5-13(6-4-12)19(26)29/h1-7,9H,8,11H2,(H2,26,29). The first-order valence-corrected chi connectivity index (χ1v) is 10.6. The SMILES string of the molecule is N#Cc1c(C(F)(F)F)cc(-c2cccs2)nc1SCC(=O)Cc1ccc(C(N)=O)cc1. The van der Waals surface area contributed by atoms with Crippen LogP contribution >= 0.6 is 23.1 Å². The van der Waals surface area contributed by atoms with E-state index in [-0.39, 0.29) is 28.7 Å². The van der Waals surface area contributed by atoms with E-state index in [1.165, 1.54) is 23.5 Å². The number of alkyl halides is 3. The minimum absolute atomic E-state index is 0.0185. The number of hydrogen-bond acceptors (Lipinski definition) is 6. The molecule has 1 amide bonds. The number of benzene rings is 1. The zero-order valence-corrected chi connectivity index (χ0v) is 17.4. The number of aromatic nitrogens is 1. The average molecular weight is 461 g/mol. The van der Waals surface area contributed by atoms with Gasteiger partial charge in [-0.25, -0.2) is 4.98 Å². The Morgan fingerprint density at radius 3 is 2.45 bits per heavy atom. The zero-order valence-electron chi connectivity index (χ0n) is 15.8. The number of primary amides is 1. The van der Waals surface area contributed by atoms with Gasteiger partial charge in [-0.3, -0.25) is 9.59 Å². The number of thiophene rings is 1. The number of nitrogens with zero attached hydrogens (tertiary/aromatic N) is 2. The molecule has 1 aromatic carbocycles. The van der Waals surface area contributed by atoms with Gasteiger partial charge in [0.05, 0.1) is 27.5 Å². The Kier molecular flexibility index (Phi) is 6.77. The Hall–Kier alpha value is -3.16. The largest absolute Gasteiger partial charge is 0.417 e. The first-order chi connectivity index (χ1) is 14.7. The van der Waals surface area contributed by atoms with Gasteiger partial charge in [-0.05, 0) is 35.2 Å². The summed E-state index contributed by atoms with van der Waals surface area (Å²) < 4.78 is 40.6. The highest BCUT2D eigenvalue weighted by Gasteiger charge is 2.36. The van der Waals surface area contributed by atoms with Crippen molar-refractivity contribution < 1.29 is 22.8 Å². The Balaban J connectivity index is 1.83. The van der Waals surface area contributed by atoms with Crippen LogP contribution in [0.1, 0.15) is 27.0 Å². The quantitative estimate of drug-likeness (QED) is 0.514. The van der Waals surface area contributed by atoms with E-state index in [0.29, 0.717) is 16.0 Å². The molecule has 0 radical (unpaired) electrons. The molecule has 0 bridgehead atoms. The van der Waals surface area contributed by atoms with Crippen LogP contribution in [0.3, 0.4) is 0 Å². The number of hydrogen-bond donors (Lipinski definition) is 1. The Morgan fingerprint density at radius 2 is 1.90 bits per heavy atom. The first kappa shape index (κ1) is 22.5. The molecule has 158 valence electrons. The van der Waals surface area contributed by atoms with Gasteiger partial charge in [-0.2, -0.15) is 18.4 Å². The van der Waals surface area contributed by atoms with Crippen LogP contribution in [-0.2, 0) is 17.4 Å². The summed E-state index contributed by atoms with van der Waals surface area (Å²) in [5.74, 6) is -1.02. The minimum Gasteiger partial charge on any atom is -0.366 e. The van der Waals surface area contributed by atoms with Crippen molar-refractivity contribution in [3.8, 4) is 16.6 Å². The van der Waals surface area contributed by atoms with Crippen LogP contribution in [0.25, 0.3) is 10.6 Å². The summed E-state index contributed by atoms with van der Waals surface area (Å²) in [6.07, 6.45) is -4.72. The van der Waals surface area contributed by atoms with E-state index >= 15 is 0 Å². The Morgan fingerprint density at radius 1 is 1.19 bits per heavy atom. The van der Waals surface area contributed by atoms with E-state index in [4.69, 9.17) is 5.73 Å². The van der Waals surface area contributed by atoms with E-state index in [9.17, 15) is 28.0 Å². The second-order valence-corrected chi connectivity index (χ2v) is 8.30. The lowest BCUT2D eigenvalue weighted by molar-refractivity contribution is -0.138. The van der Waals surface area contributed by atoms with Crippen molar-refractivity contribution in [2.75, 3.05) is 5.75 Å². The van der Waals surface area contributed by atoms with Gasteiger partial charge in [0.25, 0.3) is 0 Å². The topological polar surface area (TPSA) is 96.8 Å². The lowest BCUT2D eigenvalue weighted by Crippen LogP contribution is -2.12. The second-order valence-electron chi connectivity index (χ2n) is 6.39. The summed E-state index contributed by atoms with van der Waals surface area (Å²) in [7, 11) is 0. The van der Waals surface area contributed by atoms with Crippen molar-refractivity contribution in [1.29, 1.82) is 5.26 Å². The van der Waals surface area contributed by atoms with Gasteiger partial charge < -0.3 is 5.73 Å². The van der Waals surface area contributed by atoms with Crippen LogP contribution in [0.5, 0.6) is 0 Å². The van der Waals surface area contributed by atoms with Crippen molar-refractivity contribution in [1.82, 2.24) is 4.98 Å². The van der Waals surface area contributed by atoms with E-state index < -0.39 is 23.2 Å². The molecular weight excluding hydrogens is 447 g/mol. The minimum atomic E-state index is -4.73. The van der Waals surface area contributed by atoms with Crippen molar-refractivity contribution in [3.63, 3.8) is 0 Å². The van der Waals surface area contributed by atoms with Gasteiger partial charge in [0.2, 0.25) is 5.91 Å². The number of thioether (sulfide) groups is 1. The maximum absolute atomic E-state index is 13.5. The lowest BCUT2D eigenvalue weighted by Gasteiger charge is -2.13. The molecule has 10 heteroatoms. The number of halogens is 3. The number of Topliss-reactive ketones (excluding diaryl/α,β-unsaturated/α-hetero) is 1. The maximum Gasteiger partial charge on any atom is 0.417 e. The van der Waals surface area contributed by atoms with Gasteiger partial charge in [-0.1, -0.05) is 30.0 Å². The summed E-state index contributed by atoms with van der Waals surface area (Å²) in [5, 5.41) is 10.9. The molecule has 0 aliphatic heterocycles. The summed E-state index contributed by atoms with van der Waals surface area (Å²) in [6, 6.07) is 11.9. The molecule has 0 saturated heterocycles. The lowest BCUT2D eigenvalue weighted by atomic mass is 10.1. The number of ketones is 1. The Labute approximate surface area is 183 Å². The van der Waals surface area contributed by atoms with Crippen LogP contribution in [0, 0.1) is 11.3 Å². The fourth-order valence-electron chi connectivity index (χ4n) is 2.72. The van der Waals surface area contributed by atoms with Crippen LogP contribution in [-0.4, -0.2) is 22.4 Å². The van der Waals surface area contributed by atoms with E-state index in [0.717, 1.165) is 17.8 Å². The monoisotopic (exact) mass is 461 g/mol. The number of nitrogens with two attached hydrogens (primary N) is 1. The molecule has 3 rings (SSSR count). The van der Waals surface area contributed by atoms with Gasteiger partial charge >= 0.3 is 6.18 Å². The van der Waals surface area contributed by atoms with Gasteiger partial charge in [-0.15, -0.1) is 11.3 Å². The number of carbonyl (C=O) groups is 2. The smallest absolute Gasteiger partial charge is 0.366 e. The van der Waals surface area contributed by atoms with Gasteiger partial charge in [0, 0.05) is 12.0 Å². The highest BCUT2D eigenvalue weighted by molar-refractivity contribution is 8.00. The fraction of sp³-hybridized carbons (Fsp3) is 0.143. The third kappa shape index (κ3) is 5.51. The van der Waals surface area contributed by atoms with Gasteiger partial charge in [0.1, 0.15) is 16.9 Å². The number of rotatable bonds is 7. The average Bonchev–Trinajstić information content (AvgIpc) is 3.26. The molecule has 31 heavy (non-hydrogen) atoms. The zero-order chi connectivity index (χ0) is 22.6. The molecule has 0 aliphatic carbocycles. The van der Waals surface area contributed by atoms with Crippen LogP contribution in [0.2, 0.25) is 0 Å². The highest BCUT2D eigenvalue weighted by atomic mass is 32.2. The third-order valence-corrected chi connectivity index (χ3v) is 6.11. The predicted molar refractivity (Wildman–Crippen MR) is 112 cm³/mol. The van der Waals surface area contributed by atoms with Crippen LogP contribution in [0.15, 0.2) is 52.9 Å². The van der Waals surface area contributed by atoms with Gasteiger partial charge in [0.15, 0.2) is 0 Å². The van der Waals surface area contributed by atoms with Crippen LogP contribution in [0.4, 0.5) is 13.2 Å². The van der Waals surface area contributed by atoms with Crippen molar-refractivity contribution in [3.05, 3.63) is 70.1 Å². The molecule has 0 unspecified atom stereocenters. The molecule has 5 nitrogen and oxygen atoms in total. The molecule has 0 atom stereocenters. The summed E-state index contributed by atoms with van der Waals surface area (Å²) in [5.41, 5.74) is 4.53. The molecule has 2 aromatic heterocycles. The number of amides is 1. The number of nitriles is 1. The second kappa shape index (κ2) is 9.32. The maximum atomic E-state index is 13.5. The summed E-state index contributed by atoms with van der Waals surface area (Å²) >= 11 is 2.02. The van der Waals surface area contributed by atoms with Crippen molar-refractivity contribution in [2.24, 2.45) is 5.73 Å².